The number of rotatable bonds is 3. The molecule has 1 aromatic carbocycles. The third kappa shape index (κ3) is 3.29. The van der Waals surface area contributed by atoms with Gasteiger partial charge >= 0.3 is 6.03 Å². The molecule has 2 aliphatic rings. The molecule has 2 fully saturated rings. The minimum atomic E-state index is 0.00529. The van der Waals surface area contributed by atoms with Gasteiger partial charge in [-0.3, -0.25) is 4.90 Å². The van der Waals surface area contributed by atoms with Gasteiger partial charge in [0.05, 0.1) is 6.61 Å². The number of nitrogens with one attached hydrogen (secondary N) is 1. The lowest BCUT2D eigenvalue weighted by atomic mass is 10.1. The van der Waals surface area contributed by atoms with Crippen molar-refractivity contribution in [3.8, 4) is 5.75 Å². The maximum atomic E-state index is 12.3. The number of hydrogen-bond acceptors (Lipinski definition) is 3. The number of benzene rings is 1. The molecule has 1 unspecified atom stereocenters. The first-order valence-electron chi connectivity index (χ1n) is 7.79. The van der Waals surface area contributed by atoms with E-state index in [2.05, 4.69) is 10.2 Å². The summed E-state index contributed by atoms with van der Waals surface area (Å²) in [6, 6.07) is 8.10. The number of anilines is 1. The van der Waals surface area contributed by atoms with Crippen LogP contribution in [0.1, 0.15) is 19.8 Å². The number of carbonyl (C=O) groups is 1. The normalized spacial score (nSPS) is 22.0. The molecule has 5 nitrogen and oxygen atoms in total. The van der Waals surface area contributed by atoms with E-state index in [1.807, 2.05) is 36.1 Å². The Labute approximate surface area is 125 Å². The van der Waals surface area contributed by atoms with Crippen LogP contribution in [0.3, 0.4) is 0 Å². The minimum absolute atomic E-state index is 0.00529. The van der Waals surface area contributed by atoms with Crippen LogP contribution >= 0.6 is 0 Å². The zero-order valence-corrected chi connectivity index (χ0v) is 12.5. The Morgan fingerprint density at radius 2 is 2.10 bits per heavy atom. The lowest BCUT2D eigenvalue weighted by molar-refractivity contribution is 0.124. The summed E-state index contributed by atoms with van der Waals surface area (Å²) in [5.74, 6) is 0.829. The van der Waals surface area contributed by atoms with Gasteiger partial charge < -0.3 is 15.0 Å². The molecule has 1 aromatic rings. The highest BCUT2D eigenvalue weighted by atomic mass is 16.5. The molecule has 0 aliphatic carbocycles. The topological polar surface area (TPSA) is 44.8 Å². The van der Waals surface area contributed by atoms with Crippen LogP contribution in [0.4, 0.5) is 10.5 Å². The summed E-state index contributed by atoms with van der Waals surface area (Å²) in [6.07, 6.45) is 2.48. The minimum Gasteiger partial charge on any atom is -0.494 e. The van der Waals surface area contributed by atoms with Crippen LogP contribution < -0.4 is 10.1 Å². The predicted octanol–water partition coefficient (Wildman–Crippen LogP) is 2.40. The van der Waals surface area contributed by atoms with Gasteiger partial charge in [0.15, 0.2) is 0 Å². The van der Waals surface area contributed by atoms with Crippen LogP contribution in [-0.2, 0) is 0 Å². The van der Waals surface area contributed by atoms with Gasteiger partial charge in [0.2, 0.25) is 0 Å². The van der Waals surface area contributed by atoms with Crippen LogP contribution in [0.2, 0.25) is 0 Å². The number of piperazine rings is 1. The van der Waals surface area contributed by atoms with E-state index in [1.165, 1.54) is 19.4 Å². The van der Waals surface area contributed by atoms with E-state index in [1.54, 1.807) is 0 Å². The monoisotopic (exact) mass is 289 g/mol. The fourth-order valence-corrected chi connectivity index (χ4v) is 3.18. The Morgan fingerprint density at radius 1 is 1.29 bits per heavy atom. The van der Waals surface area contributed by atoms with Crippen molar-refractivity contribution in [3.05, 3.63) is 24.3 Å². The van der Waals surface area contributed by atoms with Crippen molar-refractivity contribution < 1.29 is 9.53 Å². The standard InChI is InChI=1S/C16H23N3O2/c1-2-21-15-7-5-13(6-8-15)17-16(20)19-11-10-18-9-3-4-14(18)12-19/h5-8,14H,2-4,9-12H2,1H3,(H,17,20). The summed E-state index contributed by atoms with van der Waals surface area (Å²) in [7, 11) is 0. The molecule has 1 N–H and O–H groups in total. The maximum Gasteiger partial charge on any atom is 0.321 e. The van der Waals surface area contributed by atoms with E-state index in [-0.39, 0.29) is 6.03 Å². The lowest BCUT2D eigenvalue weighted by Crippen LogP contribution is -2.53. The molecule has 1 atom stereocenters. The fourth-order valence-electron chi connectivity index (χ4n) is 3.18. The molecule has 114 valence electrons. The number of nitrogens with zero attached hydrogens (tertiary/aromatic N) is 2. The predicted molar refractivity (Wildman–Crippen MR) is 82.8 cm³/mol. The zero-order valence-electron chi connectivity index (χ0n) is 12.5. The van der Waals surface area contributed by atoms with Gasteiger partial charge in [0.1, 0.15) is 5.75 Å². The van der Waals surface area contributed by atoms with Gasteiger partial charge in [0.25, 0.3) is 0 Å². The van der Waals surface area contributed by atoms with Gasteiger partial charge in [0, 0.05) is 31.4 Å². The molecular weight excluding hydrogens is 266 g/mol. The molecule has 0 saturated carbocycles. The Kier molecular flexibility index (Phi) is 4.29. The van der Waals surface area contributed by atoms with Crippen molar-refractivity contribution in [2.24, 2.45) is 0 Å². The summed E-state index contributed by atoms with van der Waals surface area (Å²) < 4.78 is 5.40. The first-order chi connectivity index (χ1) is 10.3. The molecule has 0 bridgehead atoms. The van der Waals surface area contributed by atoms with Gasteiger partial charge in [-0.05, 0) is 50.6 Å². The highest BCUT2D eigenvalue weighted by Crippen LogP contribution is 2.22. The van der Waals surface area contributed by atoms with Crippen molar-refractivity contribution in [3.63, 3.8) is 0 Å². The Bertz CT molecular complexity index is 489. The number of carbonyl (C=O) groups excluding carboxylic acids is 1. The molecule has 2 saturated heterocycles. The average Bonchev–Trinajstić information content (AvgIpc) is 2.97. The summed E-state index contributed by atoms with van der Waals surface area (Å²) in [5, 5.41) is 2.97. The highest BCUT2D eigenvalue weighted by molar-refractivity contribution is 5.89. The van der Waals surface area contributed by atoms with E-state index < -0.39 is 0 Å². The van der Waals surface area contributed by atoms with E-state index in [0.717, 1.165) is 31.1 Å². The van der Waals surface area contributed by atoms with Crippen LogP contribution in [0.25, 0.3) is 0 Å². The Hall–Kier alpha value is -1.75. The van der Waals surface area contributed by atoms with Crippen molar-refractivity contribution in [2.75, 3.05) is 38.1 Å². The van der Waals surface area contributed by atoms with Crippen molar-refractivity contribution >= 4 is 11.7 Å². The number of urea groups is 1. The quantitative estimate of drug-likeness (QED) is 0.929. The third-order valence-corrected chi connectivity index (χ3v) is 4.29. The molecule has 2 heterocycles. The summed E-state index contributed by atoms with van der Waals surface area (Å²) >= 11 is 0. The summed E-state index contributed by atoms with van der Waals surface area (Å²) in [5.41, 5.74) is 0.817. The molecule has 2 amide bonds. The second kappa shape index (κ2) is 6.35. The first-order valence-corrected chi connectivity index (χ1v) is 7.79. The molecule has 21 heavy (non-hydrogen) atoms. The molecule has 0 spiro atoms. The van der Waals surface area contributed by atoms with Gasteiger partial charge in [-0.2, -0.15) is 0 Å². The molecule has 0 aromatic heterocycles. The smallest absolute Gasteiger partial charge is 0.321 e. The average molecular weight is 289 g/mol. The molecule has 2 aliphatic heterocycles. The van der Waals surface area contributed by atoms with Crippen LogP contribution in [0, 0.1) is 0 Å². The fraction of sp³-hybridized carbons (Fsp3) is 0.562. The van der Waals surface area contributed by atoms with Crippen molar-refractivity contribution in [1.82, 2.24) is 9.80 Å². The second-order valence-electron chi connectivity index (χ2n) is 5.67. The summed E-state index contributed by atoms with van der Waals surface area (Å²) in [4.78, 5) is 16.8. The van der Waals surface area contributed by atoms with Crippen molar-refractivity contribution in [2.45, 2.75) is 25.8 Å². The van der Waals surface area contributed by atoms with E-state index >= 15 is 0 Å². The van der Waals surface area contributed by atoms with E-state index in [9.17, 15) is 4.79 Å². The van der Waals surface area contributed by atoms with Crippen LogP contribution in [0.5, 0.6) is 5.75 Å². The van der Waals surface area contributed by atoms with Crippen LogP contribution in [0.15, 0.2) is 24.3 Å². The summed E-state index contributed by atoms with van der Waals surface area (Å²) in [6.45, 7) is 6.47. The number of ether oxygens (including phenoxy) is 1. The molecule has 3 rings (SSSR count). The third-order valence-electron chi connectivity index (χ3n) is 4.29. The van der Waals surface area contributed by atoms with E-state index in [4.69, 9.17) is 4.74 Å². The number of fused-ring (bicyclic) bond motifs is 1. The zero-order chi connectivity index (χ0) is 14.7. The second-order valence-corrected chi connectivity index (χ2v) is 5.67. The van der Waals surface area contributed by atoms with Gasteiger partial charge in [-0.15, -0.1) is 0 Å². The largest absolute Gasteiger partial charge is 0.494 e. The number of hydrogen-bond donors (Lipinski definition) is 1. The van der Waals surface area contributed by atoms with Gasteiger partial charge in [-0.1, -0.05) is 0 Å². The lowest BCUT2D eigenvalue weighted by Gasteiger charge is -2.37. The maximum absolute atomic E-state index is 12.3. The van der Waals surface area contributed by atoms with Crippen molar-refractivity contribution in [1.29, 1.82) is 0 Å². The van der Waals surface area contributed by atoms with E-state index in [0.29, 0.717) is 12.6 Å². The Balaban J connectivity index is 1.55. The Morgan fingerprint density at radius 3 is 2.86 bits per heavy atom. The van der Waals surface area contributed by atoms with Crippen LogP contribution in [-0.4, -0.2) is 54.7 Å². The SMILES string of the molecule is CCOc1ccc(NC(=O)N2CCN3CCCC3C2)cc1. The first kappa shape index (κ1) is 14.2. The molecular formula is C16H23N3O2. The van der Waals surface area contributed by atoms with Gasteiger partial charge in [-0.25, -0.2) is 4.79 Å². The molecule has 5 heteroatoms. The highest BCUT2D eigenvalue weighted by Gasteiger charge is 2.32. The number of amides is 2. The molecule has 0 radical (unpaired) electrons.